The zero-order valence-corrected chi connectivity index (χ0v) is 12.2. The van der Waals surface area contributed by atoms with Crippen LogP contribution in [-0.2, 0) is 14.8 Å². The van der Waals surface area contributed by atoms with Gasteiger partial charge in [-0.2, -0.15) is 9.98 Å². The van der Waals surface area contributed by atoms with E-state index in [1.807, 2.05) is 6.07 Å². The number of carboxylic acid groups (broad SMARTS) is 1. The van der Waals surface area contributed by atoms with Crippen LogP contribution in [0.2, 0.25) is 0 Å². The van der Waals surface area contributed by atoms with Crippen LogP contribution in [0.15, 0.2) is 46.7 Å². The number of aliphatic carboxylic acids is 1. The lowest BCUT2D eigenvalue weighted by Crippen LogP contribution is -2.33. The average molecular weight is 322 g/mol. The summed E-state index contributed by atoms with van der Waals surface area (Å²) in [6.07, 6.45) is 0. The van der Waals surface area contributed by atoms with Gasteiger partial charge >= 0.3 is 5.97 Å². The summed E-state index contributed by atoms with van der Waals surface area (Å²) in [5, 5.41) is 19.5. The first-order valence-corrected chi connectivity index (χ1v) is 8.09. The van der Waals surface area contributed by atoms with E-state index in [4.69, 9.17) is 5.26 Å². The van der Waals surface area contributed by atoms with Crippen LogP contribution in [0.4, 0.5) is 0 Å². The molecule has 0 amide bonds. The number of thiophene rings is 1. The molecule has 0 aliphatic carbocycles. The van der Waals surface area contributed by atoms with Crippen molar-refractivity contribution in [3.63, 3.8) is 0 Å². The minimum Gasteiger partial charge on any atom is -0.480 e. The van der Waals surface area contributed by atoms with Crippen molar-refractivity contribution in [2.75, 3.05) is 0 Å². The van der Waals surface area contributed by atoms with E-state index in [1.165, 1.54) is 24.3 Å². The van der Waals surface area contributed by atoms with Gasteiger partial charge in [-0.15, -0.1) is 11.3 Å². The highest BCUT2D eigenvalue weighted by atomic mass is 32.2. The van der Waals surface area contributed by atoms with Crippen molar-refractivity contribution in [1.29, 1.82) is 5.26 Å². The quantitative estimate of drug-likeness (QED) is 0.871. The molecule has 0 saturated carbocycles. The number of hydrogen-bond acceptors (Lipinski definition) is 5. The second-order valence-corrected chi connectivity index (χ2v) is 6.74. The zero-order chi connectivity index (χ0) is 15.5. The van der Waals surface area contributed by atoms with E-state index in [0.29, 0.717) is 10.4 Å². The molecule has 1 heterocycles. The first-order valence-electron chi connectivity index (χ1n) is 5.73. The van der Waals surface area contributed by atoms with Gasteiger partial charge in [0.2, 0.25) is 10.0 Å². The van der Waals surface area contributed by atoms with E-state index in [-0.39, 0.29) is 4.90 Å². The molecule has 1 aromatic carbocycles. The smallest absolute Gasteiger partial charge is 0.327 e. The van der Waals surface area contributed by atoms with Gasteiger partial charge in [0, 0.05) is 4.88 Å². The van der Waals surface area contributed by atoms with Crippen molar-refractivity contribution in [1.82, 2.24) is 4.72 Å². The van der Waals surface area contributed by atoms with Crippen molar-refractivity contribution < 1.29 is 18.3 Å². The Morgan fingerprint density at radius 1 is 1.29 bits per heavy atom. The Bertz CT molecular complexity index is 775. The van der Waals surface area contributed by atoms with E-state index in [9.17, 15) is 18.3 Å². The zero-order valence-electron chi connectivity index (χ0n) is 10.6. The Balaban J connectivity index is 2.30. The Morgan fingerprint density at radius 3 is 2.43 bits per heavy atom. The molecule has 1 atom stereocenters. The van der Waals surface area contributed by atoms with E-state index >= 15 is 0 Å². The molecular formula is C13H10N2O4S2. The maximum absolute atomic E-state index is 12.2. The lowest BCUT2D eigenvalue weighted by atomic mass is 10.2. The summed E-state index contributed by atoms with van der Waals surface area (Å²) in [5.74, 6) is -1.28. The highest BCUT2D eigenvalue weighted by Gasteiger charge is 2.27. The third kappa shape index (κ3) is 3.46. The fourth-order valence-corrected chi connectivity index (χ4v) is 3.63. The number of nitriles is 1. The molecule has 1 aromatic heterocycles. The molecule has 8 heteroatoms. The van der Waals surface area contributed by atoms with Crippen LogP contribution in [0.3, 0.4) is 0 Å². The number of rotatable bonds is 5. The van der Waals surface area contributed by atoms with E-state index in [2.05, 4.69) is 4.72 Å². The van der Waals surface area contributed by atoms with Gasteiger partial charge in [-0.25, -0.2) is 8.42 Å². The number of carboxylic acids is 1. The fraction of sp³-hybridized carbons (Fsp3) is 0.0769. The van der Waals surface area contributed by atoms with E-state index in [1.54, 1.807) is 17.5 Å². The second-order valence-electron chi connectivity index (χ2n) is 4.04. The number of sulfonamides is 1. The predicted molar refractivity (Wildman–Crippen MR) is 76.2 cm³/mol. The van der Waals surface area contributed by atoms with E-state index in [0.717, 1.165) is 11.3 Å². The lowest BCUT2D eigenvalue weighted by Gasteiger charge is -2.13. The Labute approximate surface area is 125 Å². The van der Waals surface area contributed by atoms with Crippen molar-refractivity contribution >= 4 is 27.3 Å². The molecule has 0 saturated heterocycles. The average Bonchev–Trinajstić information content (AvgIpc) is 2.98. The van der Waals surface area contributed by atoms with Gasteiger partial charge in [0.05, 0.1) is 16.5 Å². The Kier molecular flexibility index (Phi) is 4.37. The van der Waals surface area contributed by atoms with Crippen molar-refractivity contribution in [2.45, 2.75) is 10.9 Å². The largest absolute Gasteiger partial charge is 0.480 e. The van der Waals surface area contributed by atoms with Crippen LogP contribution in [-0.4, -0.2) is 19.5 Å². The maximum atomic E-state index is 12.2. The van der Waals surface area contributed by atoms with Crippen molar-refractivity contribution in [3.8, 4) is 6.07 Å². The molecule has 2 N–H and O–H groups in total. The SMILES string of the molecule is N#Cc1ccc(S(=O)(=O)NC(C(=O)O)c2cccs2)cc1. The standard InChI is InChI=1S/C13H10N2O4S2/c14-8-9-3-5-10(6-4-9)21(18,19)15-12(13(16)17)11-2-1-7-20-11/h1-7,12,15H,(H,16,17). The van der Waals surface area contributed by atoms with Gasteiger partial charge in [-0.1, -0.05) is 6.07 Å². The van der Waals surface area contributed by atoms with Gasteiger partial charge in [-0.05, 0) is 35.7 Å². The first kappa shape index (κ1) is 15.2. The number of benzene rings is 1. The van der Waals surface area contributed by atoms with Crippen LogP contribution in [0, 0.1) is 11.3 Å². The summed E-state index contributed by atoms with van der Waals surface area (Å²) in [6.45, 7) is 0. The van der Waals surface area contributed by atoms with Crippen molar-refractivity contribution in [3.05, 3.63) is 52.2 Å². The van der Waals surface area contributed by atoms with Crippen LogP contribution >= 0.6 is 11.3 Å². The molecule has 6 nitrogen and oxygen atoms in total. The maximum Gasteiger partial charge on any atom is 0.327 e. The topological polar surface area (TPSA) is 107 Å². The monoisotopic (exact) mass is 322 g/mol. The normalized spacial score (nSPS) is 12.5. The predicted octanol–water partition coefficient (Wildman–Crippen LogP) is 1.72. The molecule has 0 aliphatic heterocycles. The van der Waals surface area contributed by atoms with Crippen LogP contribution in [0.5, 0.6) is 0 Å². The molecule has 1 unspecified atom stereocenters. The number of nitrogens with one attached hydrogen (secondary N) is 1. The Hall–Kier alpha value is -2.21. The molecule has 0 spiro atoms. The fourth-order valence-electron chi connectivity index (χ4n) is 1.62. The molecule has 0 fully saturated rings. The minimum absolute atomic E-state index is 0.0932. The van der Waals surface area contributed by atoms with Crippen LogP contribution < -0.4 is 4.72 Å². The van der Waals surface area contributed by atoms with Gasteiger partial charge in [-0.3, -0.25) is 4.79 Å². The molecule has 0 bridgehead atoms. The van der Waals surface area contributed by atoms with Gasteiger partial charge in [0.15, 0.2) is 6.04 Å². The first-order chi connectivity index (χ1) is 9.94. The highest BCUT2D eigenvalue weighted by molar-refractivity contribution is 7.89. The lowest BCUT2D eigenvalue weighted by molar-refractivity contribution is -0.139. The van der Waals surface area contributed by atoms with Gasteiger partial charge in [0.25, 0.3) is 0 Å². The third-order valence-corrected chi connectivity index (χ3v) is 5.02. The summed E-state index contributed by atoms with van der Waals surface area (Å²) in [6, 6.07) is 8.96. The number of hydrogen-bond donors (Lipinski definition) is 2. The summed E-state index contributed by atoms with van der Waals surface area (Å²) in [4.78, 5) is 11.5. The third-order valence-electron chi connectivity index (χ3n) is 2.64. The summed E-state index contributed by atoms with van der Waals surface area (Å²) < 4.78 is 26.5. The minimum atomic E-state index is -3.99. The number of nitrogens with zero attached hydrogens (tertiary/aromatic N) is 1. The van der Waals surface area contributed by atoms with Crippen molar-refractivity contribution in [2.24, 2.45) is 0 Å². The summed E-state index contributed by atoms with van der Waals surface area (Å²) >= 11 is 1.15. The molecule has 0 aliphatic rings. The van der Waals surface area contributed by atoms with Gasteiger partial charge < -0.3 is 5.11 Å². The van der Waals surface area contributed by atoms with Crippen LogP contribution in [0.25, 0.3) is 0 Å². The molecule has 2 aromatic rings. The summed E-state index contributed by atoms with van der Waals surface area (Å²) in [7, 11) is -3.99. The van der Waals surface area contributed by atoms with E-state index < -0.39 is 22.0 Å². The second kappa shape index (κ2) is 6.05. The Morgan fingerprint density at radius 2 is 1.95 bits per heavy atom. The summed E-state index contributed by atoms with van der Waals surface area (Å²) in [5.41, 5.74) is 0.321. The molecule has 2 rings (SSSR count). The molecule has 21 heavy (non-hydrogen) atoms. The van der Waals surface area contributed by atoms with Gasteiger partial charge in [0.1, 0.15) is 0 Å². The molecular weight excluding hydrogens is 312 g/mol. The molecule has 108 valence electrons. The number of carbonyl (C=O) groups is 1. The van der Waals surface area contributed by atoms with Crippen LogP contribution in [0.1, 0.15) is 16.5 Å². The molecule has 0 radical (unpaired) electrons. The highest BCUT2D eigenvalue weighted by Crippen LogP contribution is 2.22.